The van der Waals surface area contributed by atoms with Crippen LogP contribution in [0.1, 0.15) is 29.9 Å². The predicted molar refractivity (Wildman–Crippen MR) is 100 cm³/mol. The van der Waals surface area contributed by atoms with E-state index in [-0.39, 0.29) is 5.82 Å². The molecule has 0 aliphatic heterocycles. The van der Waals surface area contributed by atoms with Gasteiger partial charge in [0.1, 0.15) is 5.82 Å². The van der Waals surface area contributed by atoms with Gasteiger partial charge in [-0.2, -0.15) is 0 Å². The van der Waals surface area contributed by atoms with Gasteiger partial charge in [0, 0.05) is 40.6 Å². The Bertz CT molecular complexity index is 1080. The lowest BCUT2D eigenvalue weighted by molar-refractivity contribution is 0.602. The SMILES string of the molecule is Fc1ccccc1Cn1ccc2cc(-c3ncc(C4CC4)cn3)ccc21. The average molecular weight is 343 g/mol. The van der Waals surface area contributed by atoms with E-state index in [1.54, 1.807) is 6.07 Å². The molecule has 1 saturated carbocycles. The Balaban J connectivity index is 1.46. The molecule has 0 N–H and O–H groups in total. The van der Waals surface area contributed by atoms with Gasteiger partial charge in [0.25, 0.3) is 0 Å². The molecule has 0 unspecified atom stereocenters. The molecule has 0 bridgehead atoms. The smallest absolute Gasteiger partial charge is 0.159 e. The maximum absolute atomic E-state index is 13.9. The third-order valence-electron chi connectivity index (χ3n) is 5.05. The van der Waals surface area contributed by atoms with Gasteiger partial charge in [0.05, 0.1) is 6.54 Å². The highest BCUT2D eigenvalue weighted by molar-refractivity contribution is 5.84. The lowest BCUT2D eigenvalue weighted by Gasteiger charge is -2.07. The second kappa shape index (κ2) is 6.06. The van der Waals surface area contributed by atoms with Gasteiger partial charge in [0.15, 0.2) is 5.82 Å². The zero-order valence-corrected chi connectivity index (χ0v) is 14.3. The van der Waals surface area contributed by atoms with Gasteiger partial charge in [-0.15, -0.1) is 0 Å². The highest BCUT2D eigenvalue weighted by atomic mass is 19.1. The van der Waals surface area contributed by atoms with Crippen molar-refractivity contribution in [1.29, 1.82) is 0 Å². The molecule has 1 fully saturated rings. The standard InChI is InChI=1S/C22H18FN3/c23-20-4-2-1-3-18(20)14-26-10-9-16-11-17(7-8-21(16)26)22-24-12-19(13-25-22)15-5-6-15/h1-4,7-13,15H,5-6,14H2. The van der Waals surface area contributed by atoms with Crippen molar-refractivity contribution in [1.82, 2.24) is 14.5 Å². The average Bonchev–Trinajstić information content (AvgIpc) is 3.45. The zero-order valence-electron chi connectivity index (χ0n) is 14.3. The van der Waals surface area contributed by atoms with Crippen molar-refractivity contribution < 1.29 is 4.39 Å². The second-order valence-corrected chi connectivity index (χ2v) is 6.92. The maximum Gasteiger partial charge on any atom is 0.159 e. The Morgan fingerprint density at radius 2 is 1.81 bits per heavy atom. The Morgan fingerprint density at radius 3 is 2.58 bits per heavy atom. The summed E-state index contributed by atoms with van der Waals surface area (Å²) in [7, 11) is 0. The van der Waals surface area contributed by atoms with Crippen molar-refractivity contribution in [2.45, 2.75) is 25.3 Å². The van der Waals surface area contributed by atoms with E-state index in [9.17, 15) is 4.39 Å². The first-order chi connectivity index (χ1) is 12.8. The molecule has 26 heavy (non-hydrogen) atoms. The zero-order chi connectivity index (χ0) is 17.5. The van der Waals surface area contributed by atoms with Gasteiger partial charge in [-0.05, 0) is 54.7 Å². The number of hydrogen-bond acceptors (Lipinski definition) is 2. The van der Waals surface area contributed by atoms with Crippen LogP contribution in [0.15, 0.2) is 67.1 Å². The second-order valence-electron chi connectivity index (χ2n) is 6.92. The first kappa shape index (κ1) is 15.3. The lowest BCUT2D eigenvalue weighted by atomic mass is 10.1. The van der Waals surface area contributed by atoms with Crippen LogP contribution < -0.4 is 0 Å². The summed E-state index contributed by atoms with van der Waals surface area (Å²) in [6.07, 6.45) is 8.41. The third kappa shape index (κ3) is 2.77. The summed E-state index contributed by atoms with van der Waals surface area (Å²) in [4.78, 5) is 9.07. The van der Waals surface area contributed by atoms with Crippen LogP contribution in [-0.2, 0) is 6.54 Å². The molecule has 2 heterocycles. The lowest BCUT2D eigenvalue weighted by Crippen LogP contribution is -2.00. The van der Waals surface area contributed by atoms with Gasteiger partial charge in [-0.25, -0.2) is 14.4 Å². The molecule has 0 saturated heterocycles. The number of halogens is 1. The Labute approximate surface area is 151 Å². The van der Waals surface area contributed by atoms with Crippen LogP contribution in [0.4, 0.5) is 4.39 Å². The summed E-state index contributed by atoms with van der Waals surface area (Å²) in [5, 5.41) is 1.11. The van der Waals surface area contributed by atoms with Crippen molar-refractivity contribution >= 4 is 10.9 Å². The van der Waals surface area contributed by atoms with Crippen LogP contribution >= 0.6 is 0 Å². The summed E-state index contributed by atoms with van der Waals surface area (Å²) in [5.74, 6) is 1.24. The molecule has 1 aliphatic rings. The van der Waals surface area contributed by atoms with E-state index in [0.29, 0.717) is 18.0 Å². The van der Waals surface area contributed by atoms with Gasteiger partial charge in [-0.1, -0.05) is 18.2 Å². The molecule has 0 spiro atoms. The minimum Gasteiger partial charge on any atom is -0.343 e. The first-order valence-electron chi connectivity index (χ1n) is 8.92. The number of aromatic nitrogens is 3. The van der Waals surface area contributed by atoms with Crippen LogP contribution in [0, 0.1) is 5.82 Å². The molecule has 2 aromatic heterocycles. The molecule has 1 aliphatic carbocycles. The number of nitrogens with zero attached hydrogens (tertiary/aromatic N) is 3. The molecule has 5 rings (SSSR count). The molecular weight excluding hydrogens is 325 g/mol. The molecule has 4 heteroatoms. The molecule has 3 nitrogen and oxygen atoms in total. The normalized spacial score (nSPS) is 14.0. The Hall–Kier alpha value is -3.01. The molecule has 128 valence electrons. The van der Waals surface area contributed by atoms with Gasteiger partial charge < -0.3 is 4.57 Å². The monoisotopic (exact) mass is 343 g/mol. The fourth-order valence-electron chi connectivity index (χ4n) is 3.40. The fraction of sp³-hybridized carbons (Fsp3) is 0.182. The largest absolute Gasteiger partial charge is 0.343 e. The molecule has 2 aromatic carbocycles. The molecule has 4 aromatic rings. The van der Waals surface area contributed by atoms with E-state index in [1.165, 1.54) is 24.5 Å². The fourth-order valence-corrected chi connectivity index (χ4v) is 3.40. The van der Waals surface area contributed by atoms with Crippen LogP contribution in [0.3, 0.4) is 0 Å². The van der Waals surface area contributed by atoms with Crippen molar-refractivity contribution in [3.8, 4) is 11.4 Å². The van der Waals surface area contributed by atoms with Gasteiger partial charge >= 0.3 is 0 Å². The van der Waals surface area contributed by atoms with Crippen molar-refractivity contribution in [2.24, 2.45) is 0 Å². The minimum absolute atomic E-state index is 0.171. The van der Waals surface area contributed by atoms with Gasteiger partial charge in [0.2, 0.25) is 0 Å². The summed E-state index contributed by atoms with van der Waals surface area (Å²) in [5.41, 5.74) is 4.01. The van der Waals surface area contributed by atoms with E-state index in [0.717, 1.165) is 22.3 Å². The number of hydrogen-bond donors (Lipinski definition) is 0. The Kier molecular flexibility index (Phi) is 3.56. The van der Waals surface area contributed by atoms with Crippen LogP contribution in [0.5, 0.6) is 0 Å². The first-order valence-corrected chi connectivity index (χ1v) is 8.92. The van der Waals surface area contributed by atoms with Crippen molar-refractivity contribution in [2.75, 3.05) is 0 Å². The van der Waals surface area contributed by atoms with Crippen LogP contribution in [0.25, 0.3) is 22.3 Å². The minimum atomic E-state index is -0.171. The summed E-state index contributed by atoms with van der Waals surface area (Å²) in [6, 6.07) is 15.2. The molecule has 0 atom stereocenters. The maximum atomic E-state index is 13.9. The Morgan fingerprint density at radius 1 is 1.00 bits per heavy atom. The van der Waals surface area contributed by atoms with Crippen molar-refractivity contribution in [3.05, 3.63) is 84.1 Å². The van der Waals surface area contributed by atoms with E-state index < -0.39 is 0 Å². The van der Waals surface area contributed by atoms with E-state index in [2.05, 4.69) is 32.7 Å². The topological polar surface area (TPSA) is 30.7 Å². The molecule has 0 radical (unpaired) electrons. The summed E-state index contributed by atoms with van der Waals surface area (Å²) >= 11 is 0. The molecular formula is C22H18FN3. The highest BCUT2D eigenvalue weighted by Gasteiger charge is 2.24. The van der Waals surface area contributed by atoms with E-state index in [4.69, 9.17) is 0 Å². The summed E-state index contributed by atoms with van der Waals surface area (Å²) < 4.78 is 16.0. The highest BCUT2D eigenvalue weighted by Crippen LogP contribution is 2.39. The van der Waals surface area contributed by atoms with Crippen molar-refractivity contribution in [3.63, 3.8) is 0 Å². The van der Waals surface area contributed by atoms with Gasteiger partial charge in [-0.3, -0.25) is 0 Å². The number of benzene rings is 2. The van der Waals surface area contributed by atoms with E-state index in [1.807, 2.05) is 36.8 Å². The van der Waals surface area contributed by atoms with Crippen LogP contribution in [0.2, 0.25) is 0 Å². The molecule has 0 amide bonds. The summed E-state index contributed by atoms with van der Waals surface area (Å²) in [6.45, 7) is 0.516. The van der Waals surface area contributed by atoms with E-state index >= 15 is 0 Å². The number of rotatable bonds is 4. The van der Waals surface area contributed by atoms with Crippen LogP contribution in [-0.4, -0.2) is 14.5 Å². The third-order valence-corrected chi connectivity index (χ3v) is 5.05. The number of fused-ring (bicyclic) bond motifs is 1. The quantitative estimate of drug-likeness (QED) is 0.512. The predicted octanol–water partition coefficient (Wildman–Crippen LogP) is 5.16.